The summed E-state index contributed by atoms with van der Waals surface area (Å²) >= 11 is 0. The molecule has 1 saturated carbocycles. The maximum atomic E-state index is 11.7. The van der Waals surface area contributed by atoms with Crippen molar-refractivity contribution in [1.82, 2.24) is 20.4 Å². The lowest BCUT2D eigenvalue weighted by Crippen LogP contribution is -2.41. The van der Waals surface area contributed by atoms with Gasteiger partial charge in [0.1, 0.15) is 0 Å². The molecule has 0 bridgehead atoms. The predicted octanol–water partition coefficient (Wildman–Crippen LogP) is 0.836. The zero-order valence-corrected chi connectivity index (χ0v) is 11.3. The van der Waals surface area contributed by atoms with E-state index in [4.69, 9.17) is 4.52 Å². The van der Waals surface area contributed by atoms with Crippen LogP contribution in [0.25, 0.3) is 0 Å². The topological polar surface area (TPSA) is 71.3 Å². The molecule has 0 atom stereocenters. The maximum Gasteiger partial charge on any atom is 0.234 e. The van der Waals surface area contributed by atoms with Gasteiger partial charge in [-0.15, -0.1) is 0 Å². The van der Waals surface area contributed by atoms with Crippen LogP contribution in [-0.4, -0.2) is 46.6 Å². The zero-order chi connectivity index (χ0) is 13.2. The maximum absolute atomic E-state index is 11.7. The highest BCUT2D eigenvalue weighted by Gasteiger charge is 2.27. The fraction of sp³-hybridized carbons (Fsp3) is 0.769. The standard InChI is InChI=1S/C13H20N4O2/c1-9-14-13(19-16-9)10-4-6-17(7-5-10)8-12(18)15-11-2-3-11/h10-11H,2-8H2,1H3,(H,15,18). The summed E-state index contributed by atoms with van der Waals surface area (Å²) in [5, 5.41) is 6.86. The van der Waals surface area contributed by atoms with E-state index < -0.39 is 0 Å². The second-order valence-corrected chi connectivity index (χ2v) is 5.57. The SMILES string of the molecule is Cc1noc(C2CCN(CC(=O)NC3CC3)CC2)n1. The Morgan fingerprint density at radius 1 is 1.37 bits per heavy atom. The summed E-state index contributed by atoms with van der Waals surface area (Å²) in [5.41, 5.74) is 0. The molecule has 2 aliphatic rings. The predicted molar refractivity (Wildman–Crippen MR) is 68.6 cm³/mol. The normalized spacial score (nSPS) is 21.5. The molecule has 6 heteroatoms. The van der Waals surface area contributed by atoms with E-state index in [1.807, 2.05) is 6.92 Å². The Balaban J connectivity index is 1.45. The lowest BCUT2D eigenvalue weighted by Gasteiger charge is -2.29. The van der Waals surface area contributed by atoms with Crippen LogP contribution in [0.2, 0.25) is 0 Å². The van der Waals surface area contributed by atoms with Gasteiger partial charge in [0, 0.05) is 12.0 Å². The Kier molecular flexibility index (Phi) is 3.50. The van der Waals surface area contributed by atoms with Gasteiger partial charge in [0.05, 0.1) is 6.54 Å². The average Bonchev–Trinajstić information content (AvgIpc) is 3.09. The minimum atomic E-state index is 0.162. The molecule has 1 N–H and O–H groups in total. The molecule has 0 radical (unpaired) electrons. The van der Waals surface area contributed by atoms with Gasteiger partial charge in [-0.05, 0) is 45.7 Å². The first-order valence-corrected chi connectivity index (χ1v) is 7.02. The van der Waals surface area contributed by atoms with Crippen LogP contribution < -0.4 is 5.32 Å². The van der Waals surface area contributed by atoms with Crippen molar-refractivity contribution in [2.24, 2.45) is 0 Å². The van der Waals surface area contributed by atoms with E-state index in [-0.39, 0.29) is 5.91 Å². The molecule has 1 amide bonds. The molecule has 1 aromatic heterocycles. The van der Waals surface area contributed by atoms with E-state index in [9.17, 15) is 4.79 Å². The first kappa shape index (κ1) is 12.6. The van der Waals surface area contributed by atoms with Gasteiger partial charge in [0.25, 0.3) is 0 Å². The van der Waals surface area contributed by atoms with Crippen molar-refractivity contribution >= 4 is 5.91 Å². The summed E-state index contributed by atoms with van der Waals surface area (Å²) in [6, 6.07) is 0.450. The van der Waals surface area contributed by atoms with E-state index in [2.05, 4.69) is 20.4 Å². The summed E-state index contributed by atoms with van der Waals surface area (Å²) in [4.78, 5) is 18.2. The Morgan fingerprint density at radius 3 is 2.68 bits per heavy atom. The number of aryl methyl sites for hydroxylation is 1. The van der Waals surface area contributed by atoms with E-state index in [0.29, 0.717) is 24.3 Å². The van der Waals surface area contributed by atoms with Crippen LogP contribution in [0.15, 0.2) is 4.52 Å². The molecule has 2 heterocycles. The molecule has 1 saturated heterocycles. The van der Waals surface area contributed by atoms with Gasteiger partial charge < -0.3 is 9.84 Å². The third kappa shape index (κ3) is 3.32. The zero-order valence-electron chi connectivity index (χ0n) is 11.3. The number of carbonyl (C=O) groups excluding carboxylic acids is 1. The van der Waals surface area contributed by atoms with E-state index >= 15 is 0 Å². The number of nitrogens with zero attached hydrogens (tertiary/aromatic N) is 3. The van der Waals surface area contributed by atoms with Crippen LogP contribution in [-0.2, 0) is 4.79 Å². The second kappa shape index (κ2) is 5.28. The van der Waals surface area contributed by atoms with Crippen molar-refractivity contribution in [2.45, 2.75) is 44.6 Å². The molecule has 19 heavy (non-hydrogen) atoms. The van der Waals surface area contributed by atoms with Crippen LogP contribution >= 0.6 is 0 Å². The van der Waals surface area contributed by atoms with Crippen LogP contribution in [0.1, 0.15) is 43.3 Å². The van der Waals surface area contributed by atoms with Crippen molar-refractivity contribution in [2.75, 3.05) is 19.6 Å². The van der Waals surface area contributed by atoms with Crippen molar-refractivity contribution in [3.63, 3.8) is 0 Å². The van der Waals surface area contributed by atoms with Gasteiger partial charge in [-0.2, -0.15) is 4.98 Å². The van der Waals surface area contributed by atoms with Gasteiger partial charge in [0.2, 0.25) is 11.8 Å². The summed E-state index contributed by atoms with van der Waals surface area (Å²) in [7, 11) is 0. The fourth-order valence-corrected chi connectivity index (χ4v) is 2.52. The number of rotatable bonds is 4. The third-order valence-corrected chi connectivity index (χ3v) is 3.79. The lowest BCUT2D eigenvalue weighted by molar-refractivity contribution is -0.122. The molecule has 1 aliphatic heterocycles. The molecule has 1 aliphatic carbocycles. The largest absolute Gasteiger partial charge is 0.352 e. The highest BCUT2D eigenvalue weighted by atomic mass is 16.5. The van der Waals surface area contributed by atoms with E-state index in [1.165, 1.54) is 0 Å². The van der Waals surface area contributed by atoms with Crippen LogP contribution in [0.3, 0.4) is 0 Å². The molecule has 3 rings (SSSR count). The van der Waals surface area contributed by atoms with Crippen molar-refractivity contribution in [3.05, 3.63) is 11.7 Å². The number of aromatic nitrogens is 2. The Bertz CT molecular complexity index is 447. The molecular weight excluding hydrogens is 244 g/mol. The molecule has 1 aromatic rings. The molecule has 104 valence electrons. The minimum absolute atomic E-state index is 0.162. The average molecular weight is 264 g/mol. The quantitative estimate of drug-likeness (QED) is 0.872. The van der Waals surface area contributed by atoms with Crippen LogP contribution in [0, 0.1) is 6.92 Å². The highest BCUT2D eigenvalue weighted by molar-refractivity contribution is 5.78. The second-order valence-electron chi connectivity index (χ2n) is 5.57. The summed E-state index contributed by atoms with van der Waals surface area (Å²) in [5.74, 6) is 1.96. The fourth-order valence-electron chi connectivity index (χ4n) is 2.52. The van der Waals surface area contributed by atoms with Gasteiger partial charge in [-0.1, -0.05) is 5.16 Å². The molecular formula is C13H20N4O2. The first-order valence-electron chi connectivity index (χ1n) is 7.02. The third-order valence-electron chi connectivity index (χ3n) is 3.79. The summed E-state index contributed by atoms with van der Waals surface area (Å²) in [6.45, 7) is 4.20. The molecule has 2 fully saturated rings. The molecule has 0 aromatic carbocycles. The Morgan fingerprint density at radius 2 is 2.11 bits per heavy atom. The van der Waals surface area contributed by atoms with Crippen molar-refractivity contribution in [1.29, 1.82) is 0 Å². The molecule has 6 nitrogen and oxygen atoms in total. The number of piperidine rings is 1. The number of amides is 1. The summed E-state index contributed by atoms with van der Waals surface area (Å²) < 4.78 is 5.22. The number of likely N-dealkylation sites (tertiary alicyclic amines) is 1. The van der Waals surface area contributed by atoms with E-state index in [1.54, 1.807) is 0 Å². The van der Waals surface area contributed by atoms with Crippen LogP contribution in [0.4, 0.5) is 0 Å². The highest BCUT2D eigenvalue weighted by Crippen LogP contribution is 2.26. The number of carbonyl (C=O) groups is 1. The Labute approximate surface area is 112 Å². The van der Waals surface area contributed by atoms with Gasteiger partial charge in [0.15, 0.2) is 5.82 Å². The monoisotopic (exact) mass is 264 g/mol. The minimum Gasteiger partial charge on any atom is -0.352 e. The van der Waals surface area contributed by atoms with Gasteiger partial charge >= 0.3 is 0 Å². The van der Waals surface area contributed by atoms with Crippen LogP contribution in [0.5, 0.6) is 0 Å². The molecule has 0 unspecified atom stereocenters. The van der Waals surface area contributed by atoms with Crippen molar-refractivity contribution < 1.29 is 9.32 Å². The van der Waals surface area contributed by atoms with E-state index in [0.717, 1.165) is 44.7 Å². The smallest absolute Gasteiger partial charge is 0.234 e. The van der Waals surface area contributed by atoms with Gasteiger partial charge in [-0.25, -0.2) is 0 Å². The number of hydrogen-bond donors (Lipinski definition) is 1. The molecule has 0 spiro atoms. The Hall–Kier alpha value is -1.43. The van der Waals surface area contributed by atoms with Gasteiger partial charge in [-0.3, -0.25) is 9.69 Å². The van der Waals surface area contributed by atoms with Crippen molar-refractivity contribution in [3.8, 4) is 0 Å². The number of nitrogens with one attached hydrogen (secondary N) is 1. The summed E-state index contributed by atoms with van der Waals surface area (Å²) in [6.07, 6.45) is 4.26. The number of hydrogen-bond acceptors (Lipinski definition) is 5. The first-order chi connectivity index (χ1) is 9.20. The lowest BCUT2D eigenvalue weighted by atomic mass is 9.97.